The second-order valence-electron chi connectivity index (χ2n) is 6.82. The van der Waals surface area contributed by atoms with Gasteiger partial charge in [0.1, 0.15) is 9.07 Å². The summed E-state index contributed by atoms with van der Waals surface area (Å²) < 4.78 is 27.1. The quantitative estimate of drug-likeness (QED) is 0.256. The van der Waals surface area contributed by atoms with Gasteiger partial charge < -0.3 is 5.21 Å². The van der Waals surface area contributed by atoms with Crippen molar-refractivity contribution in [1.29, 1.82) is 0 Å². The molecule has 1 N–H and O–H groups in total. The summed E-state index contributed by atoms with van der Waals surface area (Å²) in [7, 11) is -2.16. The summed E-state index contributed by atoms with van der Waals surface area (Å²) in [6.45, 7) is 3.97. The van der Waals surface area contributed by atoms with Crippen LogP contribution in [0.2, 0.25) is 0 Å². The molecule has 1 fully saturated rings. The topological polar surface area (TPSA) is 75.5 Å². The molecule has 1 aliphatic rings. The number of para-hydroxylation sites is 1. The Kier molecular flexibility index (Phi) is 5.81. The third-order valence-corrected chi connectivity index (χ3v) is 7.41. The molecule has 0 aliphatic carbocycles. The molecule has 0 spiro atoms. The summed E-state index contributed by atoms with van der Waals surface area (Å²) in [6, 6.07) is 15.7. The number of hydroxylamine groups is 1. The smallest absolute Gasteiger partial charge is 0.258 e. The van der Waals surface area contributed by atoms with Crippen LogP contribution in [0.3, 0.4) is 0 Å². The van der Waals surface area contributed by atoms with E-state index >= 15 is 0 Å². The lowest BCUT2D eigenvalue weighted by molar-refractivity contribution is -0.497. The first-order valence-electron chi connectivity index (χ1n) is 8.57. The predicted octanol–water partition coefficient (Wildman–Crippen LogP) is 3.17. The Morgan fingerprint density at radius 2 is 1.79 bits per heavy atom. The van der Waals surface area contributed by atoms with Gasteiger partial charge in [0.25, 0.3) is 6.17 Å². The van der Waals surface area contributed by atoms with Crippen LogP contribution < -0.4 is 9.62 Å². The SMILES string of the molecule is CNS(=O)(=O)c1ccc(C=[N+]([O-])C2N(c3ccccc3)C(=S)SC2(C)C)cc1. The van der Waals surface area contributed by atoms with Crippen molar-refractivity contribution in [3.05, 3.63) is 65.4 Å². The number of rotatable bonds is 5. The van der Waals surface area contributed by atoms with Gasteiger partial charge in [-0.1, -0.05) is 42.2 Å². The van der Waals surface area contributed by atoms with E-state index in [1.807, 2.05) is 49.1 Å². The minimum absolute atomic E-state index is 0.147. The van der Waals surface area contributed by atoms with Crippen molar-refractivity contribution >= 4 is 50.2 Å². The van der Waals surface area contributed by atoms with Crippen LogP contribution in [0.25, 0.3) is 0 Å². The van der Waals surface area contributed by atoms with Crippen molar-refractivity contribution < 1.29 is 13.2 Å². The molecule has 2 aromatic carbocycles. The van der Waals surface area contributed by atoms with Crippen LogP contribution >= 0.6 is 24.0 Å². The fraction of sp³-hybridized carbons (Fsp3) is 0.263. The van der Waals surface area contributed by atoms with E-state index < -0.39 is 20.9 Å². The van der Waals surface area contributed by atoms with Crippen LogP contribution in [0.5, 0.6) is 0 Å². The van der Waals surface area contributed by atoms with Gasteiger partial charge in [0.05, 0.1) is 4.90 Å². The van der Waals surface area contributed by atoms with Crippen LogP contribution in [0, 0.1) is 5.21 Å². The molecule has 148 valence electrons. The monoisotopic (exact) mass is 435 g/mol. The average molecular weight is 436 g/mol. The zero-order valence-electron chi connectivity index (χ0n) is 15.7. The van der Waals surface area contributed by atoms with E-state index in [9.17, 15) is 13.6 Å². The van der Waals surface area contributed by atoms with Crippen molar-refractivity contribution in [3.8, 4) is 0 Å². The molecule has 9 heteroatoms. The van der Waals surface area contributed by atoms with E-state index in [-0.39, 0.29) is 4.90 Å². The standard InChI is InChI=1S/C19H21N3O3S3/c1-19(2)17(22(18(26)27-19)15-7-5-4-6-8-15)21(23)13-14-9-11-16(12-10-14)28(24,25)20-3/h4-13,17,20H,1-3H3. The van der Waals surface area contributed by atoms with Crippen molar-refractivity contribution in [1.82, 2.24) is 4.72 Å². The Morgan fingerprint density at radius 3 is 2.36 bits per heavy atom. The molecule has 6 nitrogen and oxygen atoms in total. The van der Waals surface area contributed by atoms with Crippen molar-refractivity contribution in [2.75, 3.05) is 11.9 Å². The van der Waals surface area contributed by atoms with Crippen molar-refractivity contribution in [3.63, 3.8) is 0 Å². The number of hydrogen-bond acceptors (Lipinski definition) is 5. The highest BCUT2D eigenvalue weighted by atomic mass is 32.2. The van der Waals surface area contributed by atoms with Gasteiger partial charge in [-0.2, -0.15) is 4.74 Å². The third kappa shape index (κ3) is 4.07. The van der Waals surface area contributed by atoms with Gasteiger partial charge in [0, 0.05) is 11.3 Å². The molecule has 0 aromatic heterocycles. The van der Waals surface area contributed by atoms with E-state index in [4.69, 9.17) is 12.2 Å². The first-order chi connectivity index (χ1) is 13.2. The van der Waals surface area contributed by atoms with Crippen molar-refractivity contribution in [2.24, 2.45) is 0 Å². The molecular formula is C19H21N3O3S3. The number of benzene rings is 2. The molecule has 1 saturated heterocycles. The van der Waals surface area contributed by atoms with Crippen LogP contribution in [-0.2, 0) is 10.0 Å². The summed E-state index contributed by atoms with van der Waals surface area (Å²) in [5.74, 6) is 0. The minimum Gasteiger partial charge on any atom is -0.622 e. The summed E-state index contributed by atoms with van der Waals surface area (Å²) in [6.07, 6.45) is 0.931. The Hall–Kier alpha value is -1.94. The molecule has 0 bridgehead atoms. The fourth-order valence-corrected chi connectivity index (χ4v) is 5.71. The molecule has 1 aliphatic heterocycles. The Labute approximate surface area is 174 Å². The van der Waals surface area contributed by atoms with Gasteiger partial charge in [-0.25, -0.2) is 13.1 Å². The normalized spacial score (nSPS) is 19.8. The molecule has 1 unspecified atom stereocenters. The van der Waals surface area contributed by atoms with E-state index in [1.165, 1.54) is 37.2 Å². The number of sulfonamides is 1. The number of thioether (sulfide) groups is 1. The summed E-state index contributed by atoms with van der Waals surface area (Å²) in [5, 5.41) is 13.1. The molecule has 0 saturated carbocycles. The zero-order valence-corrected chi connectivity index (χ0v) is 18.1. The predicted molar refractivity (Wildman–Crippen MR) is 118 cm³/mol. The third-order valence-electron chi connectivity index (χ3n) is 4.42. The summed E-state index contributed by atoms with van der Waals surface area (Å²) >= 11 is 7.03. The molecular weight excluding hydrogens is 414 g/mol. The number of nitrogens with zero attached hydrogens (tertiary/aromatic N) is 2. The minimum atomic E-state index is -3.51. The van der Waals surface area contributed by atoms with E-state index in [0.717, 1.165) is 10.4 Å². The van der Waals surface area contributed by atoms with Crippen LogP contribution in [0.15, 0.2) is 59.5 Å². The Morgan fingerprint density at radius 1 is 1.18 bits per heavy atom. The van der Waals surface area contributed by atoms with Gasteiger partial charge in [-0.15, -0.1) is 0 Å². The molecule has 1 heterocycles. The number of thiocarbonyl (C=S) groups is 1. The second-order valence-corrected chi connectivity index (χ2v) is 11.0. The highest BCUT2D eigenvalue weighted by Gasteiger charge is 2.51. The van der Waals surface area contributed by atoms with E-state index in [0.29, 0.717) is 9.88 Å². The number of nitrogens with one attached hydrogen (secondary N) is 1. The first kappa shape index (κ1) is 20.8. The molecule has 0 radical (unpaired) electrons. The zero-order chi connectivity index (χ0) is 20.5. The maximum absolute atomic E-state index is 13.1. The van der Waals surface area contributed by atoms with Crippen LogP contribution in [0.1, 0.15) is 19.4 Å². The van der Waals surface area contributed by atoms with Gasteiger partial charge in [0.2, 0.25) is 10.0 Å². The number of hydrogen-bond donors (Lipinski definition) is 1. The summed E-state index contributed by atoms with van der Waals surface area (Å²) in [4.78, 5) is 2.01. The summed E-state index contributed by atoms with van der Waals surface area (Å²) in [5.41, 5.74) is 1.47. The van der Waals surface area contributed by atoms with Crippen LogP contribution in [-0.4, -0.2) is 41.7 Å². The number of anilines is 1. The lowest BCUT2D eigenvalue weighted by Gasteiger charge is -2.29. The largest absolute Gasteiger partial charge is 0.622 e. The molecule has 1 atom stereocenters. The van der Waals surface area contributed by atoms with Gasteiger partial charge in [-0.05, 0) is 57.3 Å². The highest BCUT2D eigenvalue weighted by molar-refractivity contribution is 8.24. The molecule has 0 amide bonds. The lowest BCUT2D eigenvalue weighted by Crippen LogP contribution is -2.48. The van der Waals surface area contributed by atoms with Gasteiger partial charge in [-0.3, -0.25) is 4.90 Å². The lowest BCUT2D eigenvalue weighted by atomic mass is 10.1. The molecule has 2 aromatic rings. The van der Waals surface area contributed by atoms with Crippen molar-refractivity contribution in [2.45, 2.75) is 29.7 Å². The Balaban J connectivity index is 1.96. The van der Waals surface area contributed by atoms with E-state index in [1.54, 1.807) is 12.1 Å². The second kappa shape index (κ2) is 7.82. The Bertz CT molecular complexity index is 1000. The van der Waals surface area contributed by atoms with Gasteiger partial charge >= 0.3 is 0 Å². The first-order valence-corrected chi connectivity index (χ1v) is 11.3. The maximum atomic E-state index is 13.1. The molecule has 28 heavy (non-hydrogen) atoms. The average Bonchev–Trinajstić information content (AvgIpc) is 2.91. The fourth-order valence-electron chi connectivity index (χ4n) is 3.06. The highest BCUT2D eigenvalue weighted by Crippen LogP contribution is 2.43. The van der Waals surface area contributed by atoms with Crippen LogP contribution in [0.4, 0.5) is 5.69 Å². The van der Waals surface area contributed by atoms with E-state index in [2.05, 4.69) is 4.72 Å². The maximum Gasteiger partial charge on any atom is 0.258 e. The molecule has 3 rings (SSSR count). The van der Waals surface area contributed by atoms with Gasteiger partial charge in [0.15, 0.2) is 6.21 Å².